The molecular weight excluding hydrogens is 262 g/mol. The molecule has 20 heavy (non-hydrogen) atoms. The molecule has 0 radical (unpaired) electrons. The van der Waals surface area contributed by atoms with Gasteiger partial charge >= 0.3 is 5.97 Å². The fourth-order valence-electron chi connectivity index (χ4n) is 2.79. The van der Waals surface area contributed by atoms with Gasteiger partial charge in [0.15, 0.2) is 5.82 Å². The van der Waals surface area contributed by atoms with Gasteiger partial charge in [0.05, 0.1) is 6.10 Å². The van der Waals surface area contributed by atoms with Crippen LogP contribution in [0, 0.1) is 5.41 Å². The lowest BCUT2D eigenvalue weighted by atomic mass is 9.74. The van der Waals surface area contributed by atoms with Crippen molar-refractivity contribution in [2.75, 3.05) is 13.1 Å². The maximum absolute atomic E-state index is 12.2. The van der Waals surface area contributed by atoms with E-state index >= 15 is 0 Å². The molecule has 2 atom stereocenters. The number of carbonyl (C=O) groups is 2. The predicted octanol–water partition coefficient (Wildman–Crippen LogP) is 0.488. The van der Waals surface area contributed by atoms with Gasteiger partial charge < -0.3 is 20.1 Å². The van der Waals surface area contributed by atoms with E-state index in [4.69, 9.17) is 0 Å². The summed E-state index contributed by atoms with van der Waals surface area (Å²) in [5, 5.41) is 19.6. The number of aliphatic hydroxyl groups is 1. The van der Waals surface area contributed by atoms with Crippen molar-refractivity contribution < 1.29 is 19.8 Å². The molecule has 1 fully saturated rings. The van der Waals surface area contributed by atoms with E-state index in [-0.39, 0.29) is 24.7 Å². The van der Waals surface area contributed by atoms with Crippen LogP contribution in [0.1, 0.15) is 36.8 Å². The number of hydrogen-bond donors (Lipinski definition) is 3. The van der Waals surface area contributed by atoms with Crippen LogP contribution in [0.5, 0.6) is 0 Å². The lowest BCUT2D eigenvalue weighted by molar-refractivity contribution is -0.162. The summed E-state index contributed by atoms with van der Waals surface area (Å²) in [6, 6.07) is 0. The number of aliphatic carboxylic acids is 1. The van der Waals surface area contributed by atoms with E-state index < -0.39 is 17.5 Å². The van der Waals surface area contributed by atoms with Gasteiger partial charge in [-0.25, -0.2) is 4.98 Å². The molecule has 1 aliphatic rings. The Balaban J connectivity index is 2.22. The van der Waals surface area contributed by atoms with Crippen molar-refractivity contribution in [2.24, 2.45) is 5.41 Å². The molecule has 0 aliphatic carbocycles. The summed E-state index contributed by atoms with van der Waals surface area (Å²) in [6.45, 7) is 2.21. The number of piperidine rings is 1. The summed E-state index contributed by atoms with van der Waals surface area (Å²) in [5.41, 5.74) is -1.28. The third kappa shape index (κ3) is 2.40. The monoisotopic (exact) mass is 281 g/mol. The Labute approximate surface area is 116 Å². The zero-order valence-corrected chi connectivity index (χ0v) is 11.4. The van der Waals surface area contributed by atoms with Gasteiger partial charge in [0.2, 0.25) is 0 Å². The van der Waals surface area contributed by atoms with Crippen molar-refractivity contribution in [1.29, 1.82) is 0 Å². The molecule has 0 bridgehead atoms. The van der Waals surface area contributed by atoms with Crippen LogP contribution in [0.15, 0.2) is 12.4 Å². The molecule has 2 rings (SSSR count). The van der Waals surface area contributed by atoms with Crippen molar-refractivity contribution >= 4 is 11.9 Å². The highest BCUT2D eigenvalue weighted by Gasteiger charge is 2.49. The molecule has 110 valence electrons. The number of aromatic amines is 1. The summed E-state index contributed by atoms with van der Waals surface area (Å²) < 4.78 is 0. The molecule has 7 heteroatoms. The predicted molar refractivity (Wildman–Crippen MR) is 70.1 cm³/mol. The highest BCUT2D eigenvalue weighted by atomic mass is 16.4. The second-order valence-corrected chi connectivity index (χ2v) is 5.18. The van der Waals surface area contributed by atoms with Crippen LogP contribution in [0.3, 0.4) is 0 Å². The molecule has 3 N–H and O–H groups in total. The molecule has 1 aromatic rings. The Kier molecular flexibility index (Phi) is 4.08. The highest BCUT2D eigenvalue weighted by molar-refractivity contribution is 5.91. The second kappa shape index (κ2) is 5.62. The largest absolute Gasteiger partial charge is 0.481 e. The highest BCUT2D eigenvalue weighted by Crippen LogP contribution is 2.35. The number of nitrogens with one attached hydrogen (secondary N) is 1. The van der Waals surface area contributed by atoms with E-state index in [0.29, 0.717) is 19.4 Å². The van der Waals surface area contributed by atoms with Crippen molar-refractivity contribution in [2.45, 2.75) is 32.3 Å². The van der Waals surface area contributed by atoms with Crippen molar-refractivity contribution in [3.63, 3.8) is 0 Å². The molecule has 0 saturated carbocycles. The van der Waals surface area contributed by atoms with Gasteiger partial charge in [-0.15, -0.1) is 0 Å². The smallest absolute Gasteiger partial charge is 0.314 e. The fraction of sp³-hybridized carbons (Fsp3) is 0.615. The van der Waals surface area contributed by atoms with Crippen molar-refractivity contribution in [3.8, 4) is 0 Å². The molecule has 7 nitrogen and oxygen atoms in total. The summed E-state index contributed by atoms with van der Waals surface area (Å²) in [4.78, 5) is 31.9. The summed E-state index contributed by atoms with van der Waals surface area (Å²) in [5.74, 6) is -1.19. The first-order valence-corrected chi connectivity index (χ1v) is 6.71. The number of amides is 1. The van der Waals surface area contributed by atoms with Crippen LogP contribution >= 0.6 is 0 Å². The minimum atomic E-state index is -1.28. The molecule has 1 amide bonds. The average Bonchev–Trinajstić information content (AvgIpc) is 2.94. The maximum atomic E-state index is 12.2. The Bertz CT molecular complexity index is 488. The Morgan fingerprint density at radius 3 is 2.90 bits per heavy atom. The van der Waals surface area contributed by atoms with Gasteiger partial charge in [0.1, 0.15) is 5.41 Å². The summed E-state index contributed by atoms with van der Waals surface area (Å²) in [7, 11) is 0. The minimum absolute atomic E-state index is 0.0108. The molecule has 0 aromatic carbocycles. The number of carbonyl (C=O) groups excluding carboxylic acids is 1. The quantitative estimate of drug-likeness (QED) is 0.744. The number of likely N-dealkylation sites (tertiary alicyclic amines) is 1. The number of imidazole rings is 1. The standard InChI is InChI=1S/C13H19N3O4/c1-2-4-13(12(19)20)8-16(7-3-9(13)17)11(18)10-14-5-6-15-10/h5-6,9,17H,2-4,7-8H2,1H3,(H,14,15)(H,19,20)/t9-,13+/m0/s1. The van der Waals surface area contributed by atoms with Crippen molar-refractivity contribution in [3.05, 3.63) is 18.2 Å². The van der Waals surface area contributed by atoms with Crippen LogP contribution in [-0.4, -0.2) is 56.2 Å². The number of aliphatic hydroxyl groups excluding tert-OH is 1. The molecule has 0 unspecified atom stereocenters. The third-order valence-electron chi connectivity index (χ3n) is 3.89. The third-order valence-corrected chi connectivity index (χ3v) is 3.89. The number of carboxylic acid groups (broad SMARTS) is 1. The van der Waals surface area contributed by atoms with Crippen LogP contribution in [0.4, 0.5) is 0 Å². The number of H-pyrrole nitrogens is 1. The van der Waals surface area contributed by atoms with Crippen LogP contribution in [-0.2, 0) is 4.79 Å². The fourth-order valence-corrected chi connectivity index (χ4v) is 2.79. The van der Waals surface area contributed by atoms with E-state index in [9.17, 15) is 19.8 Å². The zero-order valence-electron chi connectivity index (χ0n) is 11.4. The Morgan fingerprint density at radius 1 is 1.60 bits per heavy atom. The summed E-state index contributed by atoms with van der Waals surface area (Å²) >= 11 is 0. The molecule has 2 heterocycles. The maximum Gasteiger partial charge on any atom is 0.314 e. The molecular formula is C13H19N3O4. The lowest BCUT2D eigenvalue weighted by Crippen LogP contribution is -2.57. The van der Waals surface area contributed by atoms with E-state index in [1.54, 1.807) is 6.20 Å². The molecule has 1 aliphatic heterocycles. The normalized spacial score (nSPS) is 26.5. The molecule has 1 saturated heterocycles. The van der Waals surface area contributed by atoms with Gasteiger partial charge in [-0.05, 0) is 12.8 Å². The van der Waals surface area contributed by atoms with Gasteiger partial charge in [-0.3, -0.25) is 9.59 Å². The second-order valence-electron chi connectivity index (χ2n) is 5.18. The Morgan fingerprint density at radius 2 is 2.35 bits per heavy atom. The number of nitrogens with zero attached hydrogens (tertiary/aromatic N) is 2. The number of rotatable bonds is 4. The Hall–Kier alpha value is -1.89. The van der Waals surface area contributed by atoms with Gasteiger partial charge in [0.25, 0.3) is 5.91 Å². The minimum Gasteiger partial charge on any atom is -0.481 e. The van der Waals surface area contributed by atoms with E-state index in [2.05, 4.69) is 9.97 Å². The first kappa shape index (κ1) is 14.5. The number of carboxylic acids is 1. The zero-order chi connectivity index (χ0) is 14.8. The topological polar surface area (TPSA) is 107 Å². The van der Waals surface area contributed by atoms with Crippen molar-refractivity contribution in [1.82, 2.24) is 14.9 Å². The average molecular weight is 281 g/mol. The number of aromatic nitrogens is 2. The van der Waals surface area contributed by atoms with E-state index in [0.717, 1.165) is 0 Å². The first-order valence-electron chi connectivity index (χ1n) is 6.71. The van der Waals surface area contributed by atoms with Crippen LogP contribution < -0.4 is 0 Å². The van der Waals surface area contributed by atoms with Gasteiger partial charge in [-0.2, -0.15) is 0 Å². The van der Waals surface area contributed by atoms with Gasteiger partial charge in [0, 0.05) is 25.5 Å². The van der Waals surface area contributed by atoms with E-state index in [1.807, 2.05) is 6.92 Å². The lowest BCUT2D eigenvalue weighted by Gasteiger charge is -2.43. The molecule has 0 spiro atoms. The van der Waals surface area contributed by atoms with Crippen LogP contribution in [0.2, 0.25) is 0 Å². The summed E-state index contributed by atoms with van der Waals surface area (Å²) in [6.07, 6.45) is 3.32. The van der Waals surface area contributed by atoms with Crippen LogP contribution in [0.25, 0.3) is 0 Å². The van der Waals surface area contributed by atoms with E-state index in [1.165, 1.54) is 11.1 Å². The SMILES string of the molecule is CCC[C@@]1(C(=O)O)CN(C(=O)c2ncc[nH]2)CC[C@@H]1O. The number of hydrogen-bond acceptors (Lipinski definition) is 4. The first-order chi connectivity index (χ1) is 9.51. The molecule has 1 aromatic heterocycles. The van der Waals surface area contributed by atoms with Gasteiger partial charge in [-0.1, -0.05) is 13.3 Å².